The van der Waals surface area contributed by atoms with Gasteiger partial charge in [0, 0.05) is 33.6 Å². The maximum absolute atomic E-state index is 3.81. The molecule has 2 nitrogen and oxygen atoms in total. The summed E-state index contributed by atoms with van der Waals surface area (Å²) in [5.41, 5.74) is 26.4. The summed E-state index contributed by atoms with van der Waals surface area (Å²) in [7, 11) is 0. The molecule has 2 heteroatoms. The zero-order valence-electron chi connectivity index (χ0n) is 49.8. The van der Waals surface area contributed by atoms with Crippen LogP contribution in [0.1, 0.15) is 178 Å². The third-order valence-electron chi connectivity index (χ3n) is 18.7. The van der Waals surface area contributed by atoms with E-state index in [1.165, 1.54) is 218 Å². The van der Waals surface area contributed by atoms with Crippen LogP contribution < -0.4 is 10.6 Å². The Morgan fingerprint density at radius 1 is 0.232 bits per heavy atom. The fourth-order valence-corrected chi connectivity index (χ4v) is 14.2. The average Bonchev–Trinajstić information content (AvgIpc) is 3.04. The molecule has 418 valence electrons. The minimum absolute atomic E-state index is 0.0827. The van der Waals surface area contributed by atoms with Gasteiger partial charge in [-0.15, -0.1) is 0 Å². The lowest BCUT2D eigenvalue weighted by molar-refractivity contribution is 0.401. The molecule has 0 amide bonds. The highest BCUT2D eigenvalue weighted by Gasteiger charge is 2.43. The normalized spacial score (nSPS) is 13.3. The molecule has 9 aromatic rings. The Bertz CT molecular complexity index is 3230. The van der Waals surface area contributed by atoms with Crippen molar-refractivity contribution in [3.63, 3.8) is 0 Å². The van der Waals surface area contributed by atoms with Crippen molar-refractivity contribution >= 4 is 22.7 Å². The second kappa shape index (κ2) is 26.7. The quantitative estimate of drug-likeness (QED) is 0.0478. The molecule has 0 heterocycles. The first-order valence-electron chi connectivity index (χ1n) is 32.0. The Morgan fingerprint density at radius 3 is 0.756 bits per heavy atom. The molecule has 0 spiro atoms. The van der Waals surface area contributed by atoms with E-state index in [1.54, 1.807) is 11.1 Å². The Kier molecular flexibility index (Phi) is 18.3. The fraction of sp³-hybridized carbons (Fsp3) is 0.325. The highest BCUT2D eigenvalue weighted by atomic mass is 14.9. The van der Waals surface area contributed by atoms with Gasteiger partial charge in [0.2, 0.25) is 0 Å². The van der Waals surface area contributed by atoms with Gasteiger partial charge in [-0.1, -0.05) is 288 Å². The van der Waals surface area contributed by atoms with Gasteiger partial charge in [0.25, 0.3) is 0 Å². The number of fused-ring (bicyclic) bond motifs is 6. The second-order valence-electron chi connectivity index (χ2n) is 24.2. The highest BCUT2D eigenvalue weighted by Crippen LogP contribution is 2.56. The van der Waals surface area contributed by atoms with Gasteiger partial charge in [-0.25, -0.2) is 0 Å². The van der Waals surface area contributed by atoms with Crippen molar-refractivity contribution in [3.05, 3.63) is 229 Å². The number of nitrogens with one attached hydrogen (secondary N) is 2. The van der Waals surface area contributed by atoms with Crippen LogP contribution in [0.25, 0.3) is 66.8 Å². The smallest absolute Gasteiger partial charge is 0.0387 e. The van der Waals surface area contributed by atoms with E-state index in [1.807, 2.05) is 0 Å². The largest absolute Gasteiger partial charge is 0.356 e. The predicted molar refractivity (Wildman–Crippen MR) is 355 cm³/mol. The predicted octanol–water partition coefficient (Wildman–Crippen LogP) is 24.3. The van der Waals surface area contributed by atoms with Gasteiger partial charge in [0.1, 0.15) is 0 Å². The number of unbranched alkanes of at least 4 members (excludes halogenated alkanes) is 12. The molecule has 2 N–H and O–H groups in total. The number of anilines is 4. The van der Waals surface area contributed by atoms with Crippen LogP contribution in [0.3, 0.4) is 0 Å². The number of hydrogen-bond acceptors (Lipinski definition) is 2. The lowest BCUT2D eigenvalue weighted by Crippen LogP contribution is -2.25. The van der Waals surface area contributed by atoms with Gasteiger partial charge in [0.15, 0.2) is 0 Å². The van der Waals surface area contributed by atoms with Gasteiger partial charge in [0.05, 0.1) is 0 Å². The SMILES string of the molecule is CCCCCCC1(CCCCCC)c2ccccc2-c2ccc(Nc3ccc(-c4ccc(-c5ccc(-c6ccc(-c7ccc(Nc8ccc9c(c8)C(CCCCCC)(CCCCCC)c8ccccc8-9)cc7)cc6)cc5)cc4)cc3)cc21. The minimum atomic E-state index is 0.0827. The lowest BCUT2D eigenvalue weighted by atomic mass is 9.70. The van der Waals surface area contributed by atoms with Crippen LogP contribution in [0.5, 0.6) is 0 Å². The summed E-state index contributed by atoms with van der Waals surface area (Å²) in [4.78, 5) is 0. The van der Waals surface area contributed by atoms with Gasteiger partial charge < -0.3 is 10.6 Å². The molecule has 0 saturated carbocycles. The molecular weight excluding hydrogens is 989 g/mol. The van der Waals surface area contributed by atoms with Crippen molar-refractivity contribution in [1.29, 1.82) is 0 Å². The van der Waals surface area contributed by atoms with E-state index in [0.717, 1.165) is 11.4 Å². The molecule has 2 aliphatic rings. The van der Waals surface area contributed by atoms with Crippen LogP contribution in [0, 0.1) is 0 Å². The maximum atomic E-state index is 3.81. The maximum Gasteiger partial charge on any atom is 0.0387 e. The van der Waals surface area contributed by atoms with Crippen LogP contribution in [0.4, 0.5) is 22.7 Å². The molecule has 0 bridgehead atoms. The Morgan fingerprint density at radius 2 is 0.476 bits per heavy atom. The molecule has 0 unspecified atom stereocenters. The summed E-state index contributed by atoms with van der Waals surface area (Å²) in [5, 5.41) is 7.63. The zero-order chi connectivity index (χ0) is 56.1. The van der Waals surface area contributed by atoms with Crippen molar-refractivity contribution in [2.24, 2.45) is 0 Å². The van der Waals surface area contributed by atoms with Crippen LogP contribution in [0.2, 0.25) is 0 Å². The van der Waals surface area contributed by atoms with E-state index in [9.17, 15) is 0 Å². The number of hydrogen-bond donors (Lipinski definition) is 2. The van der Waals surface area contributed by atoms with E-state index in [4.69, 9.17) is 0 Å². The summed E-state index contributed by atoms with van der Waals surface area (Å²) in [6.07, 6.45) is 25.6. The van der Waals surface area contributed by atoms with Gasteiger partial charge in [-0.2, -0.15) is 0 Å². The third kappa shape index (κ3) is 12.2. The summed E-state index contributed by atoms with van der Waals surface area (Å²) < 4.78 is 0. The number of benzene rings is 9. The van der Waals surface area contributed by atoms with Gasteiger partial charge in [-0.3, -0.25) is 0 Å². The molecule has 0 radical (unpaired) electrons. The second-order valence-corrected chi connectivity index (χ2v) is 24.2. The summed E-state index contributed by atoms with van der Waals surface area (Å²) in [6, 6.07) is 77.9. The van der Waals surface area contributed by atoms with Gasteiger partial charge >= 0.3 is 0 Å². The molecular formula is C80H88N2. The molecule has 0 saturated heterocycles. The molecule has 0 aliphatic heterocycles. The van der Waals surface area contributed by atoms with Crippen molar-refractivity contribution in [1.82, 2.24) is 0 Å². The van der Waals surface area contributed by atoms with Crippen molar-refractivity contribution in [2.75, 3.05) is 10.6 Å². The molecule has 11 rings (SSSR count). The van der Waals surface area contributed by atoms with E-state index in [0.29, 0.717) is 0 Å². The molecule has 9 aromatic carbocycles. The molecule has 0 fully saturated rings. The van der Waals surface area contributed by atoms with Crippen molar-refractivity contribution in [3.8, 4) is 66.8 Å². The average molecular weight is 1080 g/mol. The topological polar surface area (TPSA) is 24.1 Å². The van der Waals surface area contributed by atoms with Crippen LogP contribution in [-0.4, -0.2) is 0 Å². The minimum Gasteiger partial charge on any atom is -0.356 e. The monoisotopic (exact) mass is 1080 g/mol. The summed E-state index contributed by atoms with van der Waals surface area (Å²) in [5.74, 6) is 0. The van der Waals surface area contributed by atoms with E-state index >= 15 is 0 Å². The summed E-state index contributed by atoms with van der Waals surface area (Å²) >= 11 is 0. The first-order valence-corrected chi connectivity index (χ1v) is 32.0. The van der Waals surface area contributed by atoms with Crippen molar-refractivity contribution in [2.45, 2.75) is 167 Å². The lowest BCUT2D eigenvalue weighted by Gasteiger charge is -2.33. The summed E-state index contributed by atoms with van der Waals surface area (Å²) in [6.45, 7) is 9.28. The van der Waals surface area contributed by atoms with E-state index < -0.39 is 0 Å². The van der Waals surface area contributed by atoms with Crippen LogP contribution in [0.15, 0.2) is 206 Å². The van der Waals surface area contributed by atoms with E-state index in [-0.39, 0.29) is 10.8 Å². The van der Waals surface area contributed by atoms with Gasteiger partial charge in [-0.05, 0) is 163 Å². The first kappa shape index (κ1) is 56.4. The molecule has 0 aromatic heterocycles. The number of rotatable bonds is 28. The Hall–Kier alpha value is -7.42. The highest BCUT2D eigenvalue weighted by molar-refractivity contribution is 5.85. The molecule has 2 aliphatic carbocycles. The Labute approximate surface area is 492 Å². The van der Waals surface area contributed by atoms with E-state index in [2.05, 4.69) is 245 Å². The molecule has 82 heavy (non-hydrogen) atoms. The van der Waals surface area contributed by atoms with Crippen molar-refractivity contribution < 1.29 is 0 Å². The Balaban J connectivity index is 0.718. The zero-order valence-corrected chi connectivity index (χ0v) is 49.8. The standard InChI is InChI=1S/C80H88N2/c1-5-9-13-21-53-79(54-22-14-10-6-2)75-27-19-17-25-71(75)73-51-49-69(57-77(73)79)81-67-45-41-65(42-46-67)63-37-33-61(34-38-63)59-29-31-60(32-30-59)62-35-39-64(40-36-62)66-43-47-68(48-44-66)82-70-50-52-74-72-26-18-20-28-76(72)80(78(74)58-70,55-23-15-11-7-3)56-24-16-12-8-4/h17-20,25-52,57-58,81-82H,5-16,21-24,53-56H2,1-4H3. The van der Waals surface area contributed by atoms with Crippen LogP contribution in [-0.2, 0) is 10.8 Å². The van der Waals surface area contributed by atoms with Crippen LogP contribution >= 0.6 is 0 Å². The molecule has 0 atom stereocenters. The fourth-order valence-electron chi connectivity index (χ4n) is 14.2. The third-order valence-corrected chi connectivity index (χ3v) is 18.7. The first-order chi connectivity index (χ1) is 40.4.